The first-order chi connectivity index (χ1) is 13.3. The summed E-state index contributed by atoms with van der Waals surface area (Å²) in [6.07, 6.45) is 0.608. The molecule has 0 atom stereocenters. The van der Waals surface area contributed by atoms with Gasteiger partial charge < -0.3 is 24.6 Å². The van der Waals surface area contributed by atoms with Crippen LogP contribution in [0.1, 0.15) is 27.0 Å². The predicted octanol–water partition coefficient (Wildman–Crippen LogP) is 2.76. The average molecular weight is 387 g/mol. The molecule has 7 heteroatoms. The van der Waals surface area contributed by atoms with Gasteiger partial charge in [0.25, 0.3) is 5.91 Å². The molecule has 0 heterocycles. The lowest BCUT2D eigenvalue weighted by molar-refractivity contribution is -0.139. The van der Waals surface area contributed by atoms with Crippen LogP contribution < -0.4 is 19.5 Å². The number of nitrogens with one attached hydrogen (secondary N) is 1. The number of carboxylic acid groups (broad SMARTS) is 1. The molecule has 0 aliphatic rings. The smallest absolute Gasteiger partial charge is 0.341 e. The molecule has 0 unspecified atom stereocenters. The fourth-order valence-corrected chi connectivity index (χ4v) is 2.91. The lowest BCUT2D eigenvalue weighted by Crippen LogP contribution is -2.26. The molecule has 1 amide bonds. The highest BCUT2D eigenvalue weighted by Crippen LogP contribution is 2.26. The Hall–Kier alpha value is -3.22. The van der Waals surface area contributed by atoms with Gasteiger partial charge in [0.1, 0.15) is 17.2 Å². The molecule has 0 saturated heterocycles. The number of hydrogen-bond donors (Lipinski definition) is 2. The van der Waals surface area contributed by atoms with Gasteiger partial charge in [0, 0.05) is 18.2 Å². The molecule has 0 aromatic heterocycles. The maximum atomic E-state index is 12.5. The molecule has 0 fully saturated rings. The maximum absolute atomic E-state index is 12.5. The van der Waals surface area contributed by atoms with Crippen molar-refractivity contribution >= 4 is 11.9 Å². The van der Waals surface area contributed by atoms with Crippen LogP contribution in [0.5, 0.6) is 17.2 Å². The average Bonchev–Trinajstić information content (AvgIpc) is 2.66. The Morgan fingerprint density at radius 3 is 2.29 bits per heavy atom. The fraction of sp³-hybridized carbons (Fsp3) is 0.333. The van der Waals surface area contributed by atoms with Gasteiger partial charge in [0.05, 0.1) is 14.2 Å². The van der Waals surface area contributed by atoms with Crippen molar-refractivity contribution in [3.05, 3.63) is 52.6 Å². The van der Waals surface area contributed by atoms with Crippen molar-refractivity contribution in [2.75, 3.05) is 27.4 Å². The number of hydrogen-bond acceptors (Lipinski definition) is 5. The molecule has 2 aromatic rings. The van der Waals surface area contributed by atoms with E-state index < -0.39 is 12.6 Å². The Balaban J connectivity index is 2.01. The molecule has 0 spiro atoms. The van der Waals surface area contributed by atoms with Crippen LogP contribution in [-0.2, 0) is 11.2 Å². The van der Waals surface area contributed by atoms with Crippen molar-refractivity contribution in [1.29, 1.82) is 0 Å². The standard InChI is InChI=1S/C21H25NO6/c1-13-9-16(10-14(2)20(13)28-12-19(23)24)21(25)22-8-7-15-5-6-17(26-3)11-18(15)27-4/h5-6,9-11H,7-8,12H2,1-4H3,(H,22,25)(H,23,24). The second-order valence-electron chi connectivity index (χ2n) is 6.31. The van der Waals surface area contributed by atoms with Crippen LogP contribution >= 0.6 is 0 Å². The van der Waals surface area contributed by atoms with Gasteiger partial charge in [-0.1, -0.05) is 6.07 Å². The normalized spacial score (nSPS) is 10.3. The molecular formula is C21H25NO6. The van der Waals surface area contributed by atoms with Crippen LogP contribution in [0.15, 0.2) is 30.3 Å². The van der Waals surface area contributed by atoms with Crippen LogP contribution in [0, 0.1) is 13.8 Å². The SMILES string of the molecule is COc1ccc(CCNC(=O)c2cc(C)c(OCC(=O)O)c(C)c2)c(OC)c1. The van der Waals surface area contributed by atoms with E-state index in [0.717, 1.165) is 5.56 Å². The van der Waals surface area contributed by atoms with Crippen molar-refractivity contribution in [3.63, 3.8) is 0 Å². The Bertz CT molecular complexity index is 839. The van der Waals surface area contributed by atoms with E-state index in [4.69, 9.17) is 19.3 Å². The van der Waals surface area contributed by atoms with Crippen molar-refractivity contribution in [2.24, 2.45) is 0 Å². The second-order valence-corrected chi connectivity index (χ2v) is 6.31. The number of ether oxygens (including phenoxy) is 3. The fourth-order valence-electron chi connectivity index (χ4n) is 2.91. The summed E-state index contributed by atoms with van der Waals surface area (Å²) >= 11 is 0. The lowest BCUT2D eigenvalue weighted by Gasteiger charge is -2.14. The molecule has 2 N–H and O–H groups in total. The predicted molar refractivity (Wildman–Crippen MR) is 105 cm³/mol. The highest BCUT2D eigenvalue weighted by Gasteiger charge is 2.13. The van der Waals surface area contributed by atoms with E-state index >= 15 is 0 Å². The zero-order chi connectivity index (χ0) is 20.7. The summed E-state index contributed by atoms with van der Waals surface area (Å²) in [5.74, 6) is 0.654. The summed E-state index contributed by atoms with van der Waals surface area (Å²) in [6, 6.07) is 8.94. The number of carboxylic acids is 1. The number of carbonyl (C=O) groups excluding carboxylic acids is 1. The van der Waals surface area contributed by atoms with Gasteiger partial charge in [-0.3, -0.25) is 4.79 Å². The van der Waals surface area contributed by atoms with E-state index in [1.54, 1.807) is 46.3 Å². The van der Waals surface area contributed by atoms with Crippen molar-refractivity contribution in [3.8, 4) is 17.2 Å². The second kappa shape index (κ2) is 9.64. The molecule has 0 aliphatic carbocycles. The molecular weight excluding hydrogens is 362 g/mol. The third-order valence-corrected chi connectivity index (χ3v) is 4.24. The summed E-state index contributed by atoms with van der Waals surface area (Å²) in [4.78, 5) is 23.2. The van der Waals surface area contributed by atoms with Crippen molar-refractivity contribution in [2.45, 2.75) is 20.3 Å². The molecule has 150 valence electrons. The summed E-state index contributed by atoms with van der Waals surface area (Å²) in [5.41, 5.74) is 2.89. The van der Waals surface area contributed by atoms with Crippen molar-refractivity contribution in [1.82, 2.24) is 5.32 Å². The monoisotopic (exact) mass is 387 g/mol. The number of aliphatic carboxylic acids is 1. The van der Waals surface area contributed by atoms with Crippen LogP contribution in [0.3, 0.4) is 0 Å². The minimum atomic E-state index is -1.05. The van der Waals surface area contributed by atoms with E-state index in [1.165, 1.54) is 0 Å². The number of methoxy groups -OCH3 is 2. The molecule has 2 aromatic carbocycles. The zero-order valence-electron chi connectivity index (χ0n) is 16.5. The summed E-state index contributed by atoms with van der Waals surface area (Å²) in [6.45, 7) is 3.58. The van der Waals surface area contributed by atoms with Gasteiger partial charge in [0.15, 0.2) is 6.61 Å². The van der Waals surface area contributed by atoms with Crippen LogP contribution in [-0.4, -0.2) is 44.4 Å². The maximum Gasteiger partial charge on any atom is 0.341 e. The molecule has 0 radical (unpaired) electrons. The Kier molecular flexibility index (Phi) is 7.26. The van der Waals surface area contributed by atoms with Gasteiger partial charge in [0.2, 0.25) is 0 Å². The number of rotatable bonds is 9. The highest BCUT2D eigenvalue weighted by atomic mass is 16.5. The highest BCUT2D eigenvalue weighted by molar-refractivity contribution is 5.94. The van der Waals surface area contributed by atoms with E-state index in [-0.39, 0.29) is 5.91 Å². The number of aryl methyl sites for hydroxylation is 2. The Morgan fingerprint density at radius 2 is 1.71 bits per heavy atom. The first kappa shape index (κ1) is 21.1. The number of benzene rings is 2. The molecule has 2 rings (SSSR count). The number of carbonyl (C=O) groups is 2. The zero-order valence-corrected chi connectivity index (χ0v) is 16.5. The largest absolute Gasteiger partial charge is 0.497 e. The molecule has 0 aliphatic heterocycles. The Labute approximate surface area is 164 Å². The topological polar surface area (TPSA) is 94.1 Å². The van der Waals surface area contributed by atoms with Gasteiger partial charge >= 0.3 is 5.97 Å². The van der Waals surface area contributed by atoms with Crippen molar-refractivity contribution < 1.29 is 28.9 Å². The van der Waals surface area contributed by atoms with E-state index in [2.05, 4.69) is 5.32 Å². The van der Waals surface area contributed by atoms with E-state index in [0.29, 0.717) is 46.9 Å². The minimum Gasteiger partial charge on any atom is -0.497 e. The first-order valence-electron chi connectivity index (χ1n) is 8.80. The molecule has 7 nitrogen and oxygen atoms in total. The number of amides is 1. The first-order valence-corrected chi connectivity index (χ1v) is 8.80. The van der Waals surface area contributed by atoms with Gasteiger partial charge in [-0.15, -0.1) is 0 Å². The quantitative estimate of drug-likeness (QED) is 0.687. The third-order valence-electron chi connectivity index (χ3n) is 4.24. The summed E-state index contributed by atoms with van der Waals surface area (Å²) in [5, 5.41) is 11.6. The minimum absolute atomic E-state index is 0.205. The molecule has 0 saturated carbocycles. The van der Waals surface area contributed by atoms with Gasteiger partial charge in [-0.2, -0.15) is 0 Å². The Morgan fingerprint density at radius 1 is 1.04 bits per heavy atom. The van der Waals surface area contributed by atoms with Crippen LogP contribution in [0.4, 0.5) is 0 Å². The van der Waals surface area contributed by atoms with E-state index in [1.807, 2.05) is 12.1 Å². The summed E-state index contributed by atoms with van der Waals surface area (Å²) < 4.78 is 15.8. The van der Waals surface area contributed by atoms with Gasteiger partial charge in [-0.25, -0.2) is 4.79 Å². The molecule has 0 bridgehead atoms. The lowest BCUT2D eigenvalue weighted by atomic mass is 10.0. The third kappa shape index (κ3) is 5.39. The van der Waals surface area contributed by atoms with E-state index in [9.17, 15) is 9.59 Å². The molecule has 28 heavy (non-hydrogen) atoms. The summed E-state index contributed by atoms with van der Waals surface area (Å²) in [7, 11) is 3.19. The van der Waals surface area contributed by atoms with Crippen LogP contribution in [0.25, 0.3) is 0 Å². The van der Waals surface area contributed by atoms with Crippen LogP contribution in [0.2, 0.25) is 0 Å². The van der Waals surface area contributed by atoms with Gasteiger partial charge in [-0.05, 0) is 55.2 Å².